The van der Waals surface area contributed by atoms with Crippen molar-refractivity contribution in [1.29, 1.82) is 0 Å². The van der Waals surface area contributed by atoms with Crippen LogP contribution in [-0.4, -0.2) is 35.8 Å². The average molecular weight is 323 g/mol. The van der Waals surface area contributed by atoms with E-state index in [9.17, 15) is 9.59 Å². The number of amides is 2. The summed E-state index contributed by atoms with van der Waals surface area (Å²) in [6.45, 7) is 2.99. The van der Waals surface area contributed by atoms with E-state index in [1.54, 1.807) is 34.1 Å². The van der Waals surface area contributed by atoms with Gasteiger partial charge in [0.2, 0.25) is 5.91 Å². The molecule has 5 nitrogen and oxygen atoms in total. The van der Waals surface area contributed by atoms with Crippen LogP contribution in [0.1, 0.15) is 23.7 Å². The molecule has 0 aliphatic carbocycles. The fourth-order valence-electron chi connectivity index (χ4n) is 3.16. The minimum atomic E-state index is -0.427. The normalized spacial score (nSPS) is 17.1. The molecule has 1 aliphatic heterocycles. The number of benzene rings is 2. The van der Waals surface area contributed by atoms with Gasteiger partial charge in [0.15, 0.2) is 0 Å². The lowest BCUT2D eigenvalue weighted by Crippen LogP contribution is -2.45. The van der Waals surface area contributed by atoms with Gasteiger partial charge in [0.25, 0.3) is 5.91 Å². The van der Waals surface area contributed by atoms with Gasteiger partial charge in [-0.25, -0.2) is 0 Å². The highest BCUT2D eigenvalue weighted by Gasteiger charge is 2.38. The molecule has 3 rings (SSSR count). The molecule has 0 radical (unpaired) electrons. The third-order valence-electron chi connectivity index (χ3n) is 4.36. The smallest absolute Gasteiger partial charge is 0.254 e. The monoisotopic (exact) mass is 323 g/mol. The number of nitrogens with two attached hydrogens (primary N) is 1. The number of hydrogen-bond donors (Lipinski definition) is 1. The first-order valence-corrected chi connectivity index (χ1v) is 8.14. The summed E-state index contributed by atoms with van der Waals surface area (Å²) in [6.07, 6.45) is 0.635. The second-order valence-electron chi connectivity index (χ2n) is 5.85. The van der Waals surface area contributed by atoms with Crippen LogP contribution < -0.4 is 10.6 Å². The fraction of sp³-hybridized carbons (Fsp3) is 0.263. The van der Waals surface area contributed by atoms with Crippen LogP contribution in [0.25, 0.3) is 0 Å². The Labute approximate surface area is 141 Å². The largest absolute Gasteiger partial charge is 0.399 e. The number of hydrogen-bond acceptors (Lipinski definition) is 3. The fourth-order valence-corrected chi connectivity index (χ4v) is 3.16. The van der Waals surface area contributed by atoms with E-state index in [4.69, 9.17) is 5.73 Å². The Morgan fingerprint density at radius 1 is 1.21 bits per heavy atom. The van der Waals surface area contributed by atoms with Gasteiger partial charge in [-0.1, -0.05) is 24.3 Å². The van der Waals surface area contributed by atoms with E-state index in [2.05, 4.69) is 0 Å². The molecule has 1 aliphatic rings. The van der Waals surface area contributed by atoms with Crippen molar-refractivity contribution in [1.82, 2.24) is 4.90 Å². The van der Waals surface area contributed by atoms with Gasteiger partial charge >= 0.3 is 0 Å². The maximum Gasteiger partial charge on any atom is 0.254 e. The van der Waals surface area contributed by atoms with Gasteiger partial charge in [-0.3, -0.25) is 9.59 Å². The highest BCUT2D eigenvalue weighted by Crippen LogP contribution is 2.25. The predicted molar refractivity (Wildman–Crippen MR) is 94.8 cm³/mol. The van der Waals surface area contributed by atoms with E-state index >= 15 is 0 Å². The van der Waals surface area contributed by atoms with Crippen LogP contribution in [-0.2, 0) is 4.79 Å². The Bertz CT molecular complexity index is 745. The van der Waals surface area contributed by atoms with Crippen LogP contribution >= 0.6 is 0 Å². The van der Waals surface area contributed by atoms with Crippen molar-refractivity contribution in [2.45, 2.75) is 19.4 Å². The number of carbonyl (C=O) groups is 2. The Morgan fingerprint density at radius 2 is 1.96 bits per heavy atom. The second kappa shape index (κ2) is 6.74. The van der Waals surface area contributed by atoms with Gasteiger partial charge < -0.3 is 15.5 Å². The van der Waals surface area contributed by atoms with Crippen LogP contribution in [0.4, 0.5) is 11.4 Å². The van der Waals surface area contributed by atoms with E-state index in [1.165, 1.54) is 0 Å². The molecule has 2 amide bonds. The molecular formula is C19H21N3O2. The summed E-state index contributed by atoms with van der Waals surface area (Å²) in [5.74, 6) is -0.182. The summed E-state index contributed by atoms with van der Waals surface area (Å²) in [4.78, 5) is 29.0. The lowest BCUT2D eigenvalue weighted by Gasteiger charge is -2.27. The molecule has 0 spiro atoms. The maximum absolute atomic E-state index is 12.8. The zero-order chi connectivity index (χ0) is 17.1. The maximum atomic E-state index is 12.8. The van der Waals surface area contributed by atoms with Crippen molar-refractivity contribution in [2.24, 2.45) is 0 Å². The standard InChI is InChI=1S/C19H21N3O2/c1-2-21(18(23)14-7-6-8-15(20)13-14)17-11-12-22(19(17)24)16-9-4-3-5-10-16/h3-10,13,17H,2,11-12,20H2,1H3. The Kier molecular flexibility index (Phi) is 4.51. The van der Waals surface area contributed by atoms with Crippen LogP contribution in [0.5, 0.6) is 0 Å². The Hall–Kier alpha value is -2.82. The first-order valence-electron chi connectivity index (χ1n) is 8.14. The molecule has 0 saturated carbocycles. The van der Waals surface area contributed by atoms with E-state index in [-0.39, 0.29) is 11.8 Å². The van der Waals surface area contributed by atoms with Crippen molar-refractivity contribution in [2.75, 3.05) is 23.7 Å². The summed E-state index contributed by atoms with van der Waals surface area (Å²) in [5, 5.41) is 0. The molecule has 24 heavy (non-hydrogen) atoms. The number of anilines is 2. The predicted octanol–water partition coefficient (Wildman–Crippen LogP) is 2.54. The molecule has 1 saturated heterocycles. The summed E-state index contributed by atoms with van der Waals surface area (Å²) >= 11 is 0. The van der Waals surface area contributed by atoms with Gasteiger partial charge in [-0.2, -0.15) is 0 Å². The quantitative estimate of drug-likeness (QED) is 0.879. The molecule has 1 unspecified atom stereocenters. The number of para-hydroxylation sites is 1. The number of nitrogens with zero attached hydrogens (tertiary/aromatic N) is 2. The van der Waals surface area contributed by atoms with E-state index in [1.807, 2.05) is 37.3 Å². The molecule has 124 valence electrons. The summed E-state index contributed by atoms with van der Waals surface area (Å²) in [5.41, 5.74) is 7.70. The number of nitrogen functional groups attached to an aromatic ring is 1. The average Bonchev–Trinajstić information content (AvgIpc) is 2.98. The number of rotatable bonds is 4. The first-order chi connectivity index (χ1) is 11.6. The molecular weight excluding hydrogens is 302 g/mol. The van der Waals surface area contributed by atoms with Crippen LogP contribution in [0.15, 0.2) is 54.6 Å². The molecule has 1 heterocycles. The van der Waals surface area contributed by atoms with Gasteiger partial charge in [0.1, 0.15) is 6.04 Å². The van der Waals surface area contributed by atoms with Gasteiger partial charge in [-0.05, 0) is 43.7 Å². The van der Waals surface area contributed by atoms with Crippen molar-refractivity contribution < 1.29 is 9.59 Å². The molecule has 2 aromatic rings. The van der Waals surface area contributed by atoms with E-state index in [0.29, 0.717) is 30.8 Å². The zero-order valence-corrected chi connectivity index (χ0v) is 13.7. The highest BCUT2D eigenvalue weighted by atomic mass is 16.2. The summed E-state index contributed by atoms with van der Waals surface area (Å²) in [7, 11) is 0. The molecule has 2 N–H and O–H groups in total. The number of likely N-dealkylation sites (N-methyl/N-ethyl adjacent to an activating group) is 1. The lowest BCUT2D eigenvalue weighted by atomic mass is 10.1. The van der Waals surface area contributed by atoms with Crippen LogP contribution in [0.2, 0.25) is 0 Å². The summed E-state index contributed by atoms with van der Waals surface area (Å²) < 4.78 is 0. The molecule has 1 atom stereocenters. The van der Waals surface area contributed by atoms with E-state index < -0.39 is 6.04 Å². The minimum absolute atomic E-state index is 0.0275. The third-order valence-corrected chi connectivity index (χ3v) is 4.36. The minimum Gasteiger partial charge on any atom is -0.399 e. The van der Waals surface area contributed by atoms with Gasteiger partial charge in [0, 0.05) is 30.0 Å². The molecule has 0 aromatic heterocycles. The van der Waals surface area contributed by atoms with Crippen molar-refractivity contribution >= 4 is 23.2 Å². The third kappa shape index (κ3) is 2.97. The number of carbonyl (C=O) groups excluding carboxylic acids is 2. The topological polar surface area (TPSA) is 66.6 Å². The first kappa shape index (κ1) is 16.1. The SMILES string of the molecule is CCN(C(=O)c1cccc(N)c1)C1CCN(c2ccccc2)C1=O. The molecule has 1 fully saturated rings. The van der Waals surface area contributed by atoms with Crippen molar-refractivity contribution in [3.05, 3.63) is 60.2 Å². The lowest BCUT2D eigenvalue weighted by molar-refractivity contribution is -0.120. The Morgan fingerprint density at radius 3 is 2.62 bits per heavy atom. The van der Waals surface area contributed by atoms with Gasteiger partial charge in [0.05, 0.1) is 0 Å². The van der Waals surface area contributed by atoms with Crippen LogP contribution in [0, 0.1) is 0 Å². The molecule has 5 heteroatoms. The Balaban J connectivity index is 1.82. The molecule has 2 aromatic carbocycles. The summed E-state index contributed by atoms with van der Waals surface area (Å²) in [6, 6.07) is 16.0. The highest BCUT2D eigenvalue weighted by molar-refractivity contribution is 6.04. The van der Waals surface area contributed by atoms with Crippen LogP contribution in [0.3, 0.4) is 0 Å². The van der Waals surface area contributed by atoms with E-state index in [0.717, 1.165) is 5.69 Å². The van der Waals surface area contributed by atoms with Gasteiger partial charge in [-0.15, -0.1) is 0 Å². The zero-order valence-electron chi connectivity index (χ0n) is 13.7. The van der Waals surface area contributed by atoms with Crippen molar-refractivity contribution in [3.8, 4) is 0 Å². The second-order valence-corrected chi connectivity index (χ2v) is 5.85. The van der Waals surface area contributed by atoms with Crippen molar-refractivity contribution in [3.63, 3.8) is 0 Å². The molecule has 0 bridgehead atoms.